The van der Waals surface area contributed by atoms with Gasteiger partial charge in [-0.25, -0.2) is 9.79 Å². The minimum atomic E-state index is -0.579. The van der Waals surface area contributed by atoms with Crippen molar-refractivity contribution in [2.45, 2.75) is 6.92 Å². The fourth-order valence-electron chi connectivity index (χ4n) is 2.36. The Kier molecular flexibility index (Phi) is 5.96. The highest BCUT2D eigenvalue weighted by Gasteiger charge is 2.33. The molecule has 6 heteroatoms. The van der Waals surface area contributed by atoms with Crippen LogP contribution in [0.2, 0.25) is 0 Å². The molecule has 4 nitrogen and oxygen atoms in total. The van der Waals surface area contributed by atoms with E-state index >= 15 is 0 Å². The zero-order valence-corrected chi connectivity index (χ0v) is 16.4. The average molecular weight is 430 g/mol. The van der Waals surface area contributed by atoms with Crippen LogP contribution in [0.1, 0.15) is 12.5 Å². The van der Waals surface area contributed by atoms with Crippen molar-refractivity contribution in [1.29, 1.82) is 0 Å². The SMILES string of the molecule is CCOC(=O)C1=C(O)C(=Cc2cccc(Br)c2)SC1=Nc1ccccc1. The van der Waals surface area contributed by atoms with Gasteiger partial charge in [0.2, 0.25) is 0 Å². The van der Waals surface area contributed by atoms with Gasteiger partial charge in [0.25, 0.3) is 0 Å². The number of hydrogen-bond acceptors (Lipinski definition) is 5. The van der Waals surface area contributed by atoms with Gasteiger partial charge in [0.1, 0.15) is 16.4 Å². The highest BCUT2D eigenvalue weighted by molar-refractivity contribution is 9.10. The summed E-state index contributed by atoms with van der Waals surface area (Å²) in [4.78, 5) is 17.4. The molecule has 2 aromatic rings. The molecule has 0 unspecified atom stereocenters. The summed E-state index contributed by atoms with van der Waals surface area (Å²) in [7, 11) is 0. The number of benzene rings is 2. The minimum absolute atomic E-state index is 0.0990. The van der Waals surface area contributed by atoms with E-state index in [1.165, 1.54) is 11.8 Å². The van der Waals surface area contributed by atoms with Gasteiger partial charge in [-0.05, 0) is 42.8 Å². The normalized spacial score (nSPS) is 17.2. The van der Waals surface area contributed by atoms with Crippen LogP contribution in [-0.4, -0.2) is 22.7 Å². The lowest BCUT2D eigenvalue weighted by molar-refractivity contribution is -0.138. The van der Waals surface area contributed by atoms with E-state index < -0.39 is 5.97 Å². The monoisotopic (exact) mass is 429 g/mol. The number of hydrogen-bond donors (Lipinski definition) is 1. The van der Waals surface area contributed by atoms with E-state index in [4.69, 9.17) is 4.74 Å². The first-order chi connectivity index (χ1) is 12.6. The van der Waals surface area contributed by atoms with Gasteiger partial charge in [0, 0.05) is 4.47 Å². The number of thioether (sulfide) groups is 1. The summed E-state index contributed by atoms with van der Waals surface area (Å²) in [6.07, 6.45) is 1.82. The Hall–Kier alpha value is -2.31. The molecule has 0 saturated carbocycles. The van der Waals surface area contributed by atoms with Crippen LogP contribution in [0.3, 0.4) is 0 Å². The lowest BCUT2D eigenvalue weighted by atomic mass is 10.1. The highest BCUT2D eigenvalue weighted by Crippen LogP contribution is 2.40. The zero-order valence-electron chi connectivity index (χ0n) is 14.0. The Balaban J connectivity index is 2.04. The first-order valence-electron chi connectivity index (χ1n) is 7.98. The number of esters is 1. The Bertz CT molecular complexity index is 920. The van der Waals surface area contributed by atoms with Crippen LogP contribution in [0.15, 0.2) is 80.3 Å². The summed E-state index contributed by atoms with van der Waals surface area (Å²) < 4.78 is 6.03. The van der Waals surface area contributed by atoms with Gasteiger partial charge in [0.15, 0.2) is 0 Å². The third kappa shape index (κ3) is 4.26. The van der Waals surface area contributed by atoms with Crippen molar-refractivity contribution in [3.63, 3.8) is 0 Å². The van der Waals surface area contributed by atoms with E-state index in [2.05, 4.69) is 20.9 Å². The number of aliphatic hydroxyl groups is 1. The van der Waals surface area contributed by atoms with E-state index in [1.54, 1.807) is 6.92 Å². The Morgan fingerprint density at radius 2 is 2.00 bits per heavy atom. The summed E-state index contributed by atoms with van der Waals surface area (Å²) in [5.41, 5.74) is 1.70. The predicted octanol–water partition coefficient (Wildman–Crippen LogP) is 5.64. The van der Waals surface area contributed by atoms with E-state index in [1.807, 2.05) is 60.7 Å². The Labute approximate surface area is 164 Å². The Morgan fingerprint density at radius 1 is 1.23 bits per heavy atom. The van der Waals surface area contributed by atoms with Crippen molar-refractivity contribution in [3.05, 3.63) is 80.9 Å². The topological polar surface area (TPSA) is 58.9 Å². The number of carbonyl (C=O) groups is 1. The number of nitrogens with zero attached hydrogens (tertiary/aromatic N) is 1. The number of aliphatic imine (C=N–C) groups is 1. The van der Waals surface area contributed by atoms with Gasteiger partial charge in [-0.2, -0.15) is 0 Å². The van der Waals surface area contributed by atoms with Gasteiger partial charge in [-0.1, -0.05) is 58.0 Å². The van der Waals surface area contributed by atoms with Crippen LogP contribution in [0, 0.1) is 0 Å². The van der Waals surface area contributed by atoms with Gasteiger partial charge in [0.05, 0.1) is 17.2 Å². The summed E-state index contributed by atoms with van der Waals surface area (Å²) in [5, 5.41) is 11.0. The van der Waals surface area contributed by atoms with Crippen LogP contribution in [0.25, 0.3) is 6.08 Å². The van der Waals surface area contributed by atoms with E-state index in [0.717, 1.165) is 10.0 Å². The molecule has 0 saturated heterocycles. The number of rotatable bonds is 4. The number of para-hydroxylation sites is 1. The number of aliphatic hydroxyl groups excluding tert-OH is 1. The molecule has 2 aromatic carbocycles. The quantitative estimate of drug-likeness (QED) is 0.638. The molecule has 26 heavy (non-hydrogen) atoms. The average Bonchev–Trinajstić information content (AvgIpc) is 2.91. The molecule has 0 aliphatic carbocycles. The van der Waals surface area contributed by atoms with Crippen LogP contribution < -0.4 is 0 Å². The van der Waals surface area contributed by atoms with Gasteiger partial charge < -0.3 is 9.84 Å². The second-order valence-electron chi connectivity index (χ2n) is 5.36. The molecular formula is C20H16BrNO3S. The molecule has 1 heterocycles. The van der Waals surface area contributed by atoms with Crippen molar-refractivity contribution in [3.8, 4) is 0 Å². The van der Waals surface area contributed by atoms with Gasteiger partial charge in [-0.3, -0.25) is 0 Å². The molecule has 0 amide bonds. The molecule has 1 N–H and O–H groups in total. The first kappa shape index (κ1) is 18.5. The lowest BCUT2D eigenvalue weighted by Gasteiger charge is -2.03. The number of halogens is 1. The third-order valence-electron chi connectivity index (χ3n) is 3.50. The van der Waals surface area contributed by atoms with E-state index in [0.29, 0.717) is 15.6 Å². The molecule has 1 aliphatic heterocycles. The first-order valence-corrected chi connectivity index (χ1v) is 9.59. The molecule has 1 aliphatic rings. The standard InChI is InChI=1S/C20H16BrNO3S/c1-2-25-20(24)17-18(23)16(12-13-7-6-8-14(21)11-13)26-19(17)22-15-9-4-3-5-10-15/h3-12,23H,2H2,1H3. The molecule has 0 bridgehead atoms. The summed E-state index contributed by atoms with van der Waals surface area (Å²) >= 11 is 4.68. The second kappa shape index (κ2) is 8.38. The molecule has 0 fully saturated rings. The van der Waals surface area contributed by atoms with Crippen molar-refractivity contribution in [2.24, 2.45) is 4.99 Å². The fourth-order valence-corrected chi connectivity index (χ4v) is 3.81. The second-order valence-corrected chi connectivity index (χ2v) is 7.31. The summed E-state index contributed by atoms with van der Waals surface area (Å²) in [6.45, 7) is 1.95. The van der Waals surface area contributed by atoms with Crippen molar-refractivity contribution in [2.75, 3.05) is 6.61 Å². The Morgan fingerprint density at radius 3 is 2.69 bits per heavy atom. The van der Waals surface area contributed by atoms with E-state index in [9.17, 15) is 9.90 Å². The summed E-state index contributed by atoms with van der Waals surface area (Å²) in [5.74, 6) is -0.687. The largest absolute Gasteiger partial charge is 0.506 e. The fraction of sp³-hybridized carbons (Fsp3) is 0.100. The van der Waals surface area contributed by atoms with Crippen LogP contribution in [0.4, 0.5) is 5.69 Å². The van der Waals surface area contributed by atoms with Crippen molar-refractivity contribution >= 4 is 50.5 Å². The molecule has 132 valence electrons. The van der Waals surface area contributed by atoms with E-state index in [-0.39, 0.29) is 17.9 Å². The maximum Gasteiger partial charge on any atom is 0.344 e. The highest BCUT2D eigenvalue weighted by atomic mass is 79.9. The molecule has 0 atom stereocenters. The number of ether oxygens (including phenoxy) is 1. The minimum Gasteiger partial charge on any atom is -0.506 e. The molecule has 0 spiro atoms. The smallest absolute Gasteiger partial charge is 0.344 e. The van der Waals surface area contributed by atoms with Crippen molar-refractivity contribution < 1.29 is 14.6 Å². The molecular weight excluding hydrogens is 414 g/mol. The summed E-state index contributed by atoms with van der Waals surface area (Å²) in [6, 6.07) is 17.0. The van der Waals surface area contributed by atoms with Gasteiger partial charge >= 0.3 is 5.97 Å². The van der Waals surface area contributed by atoms with Crippen LogP contribution >= 0.6 is 27.7 Å². The van der Waals surface area contributed by atoms with Crippen molar-refractivity contribution in [1.82, 2.24) is 0 Å². The maximum atomic E-state index is 12.3. The maximum absolute atomic E-state index is 12.3. The lowest BCUT2D eigenvalue weighted by Crippen LogP contribution is -2.12. The molecule has 3 rings (SSSR count). The predicted molar refractivity (Wildman–Crippen MR) is 110 cm³/mol. The molecule has 0 aromatic heterocycles. The van der Waals surface area contributed by atoms with Crippen LogP contribution in [-0.2, 0) is 9.53 Å². The van der Waals surface area contributed by atoms with Gasteiger partial charge in [-0.15, -0.1) is 0 Å². The van der Waals surface area contributed by atoms with Crippen LogP contribution in [0.5, 0.6) is 0 Å². The molecule has 0 radical (unpaired) electrons. The zero-order chi connectivity index (χ0) is 18.5. The number of carbonyl (C=O) groups excluding carboxylic acids is 1. The third-order valence-corrected chi connectivity index (χ3v) is 5.02.